The number of halogens is 1. The van der Waals surface area contributed by atoms with E-state index >= 15 is 0 Å². The number of hydrogen-bond donors (Lipinski definition) is 1. The van der Waals surface area contributed by atoms with Gasteiger partial charge in [0.2, 0.25) is 0 Å². The summed E-state index contributed by atoms with van der Waals surface area (Å²) < 4.78 is 5.78. The Balaban J connectivity index is 1.87. The average Bonchev–Trinajstić information content (AvgIpc) is 2.83. The molecule has 0 bridgehead atoms. The van der Waals surface area contributed by atoms with Crippen LogP contribution in [-0.2, 0) is 12.8 Å². The lowest BCUT2D eigenvalue weighted by Crippen LogP contribution is -2.45. The van der Waals surface area contributed by atoms with Crippen molar-refractivity contribution < 1.29 is 9.84 Å². The van der Waals surface area contributed by atoms with Gasteiger partial charge in [-0.3, -0.25) is 0 Å². The van der Waals surface area contributed by atoms with E-state index < -0.39 is 5.60 Å². The van der Waals surface area contributed by atoms with Crippen LogP contribution in [0.15, 0.2) is 12.1 Å². The Morgan fingerprint density at radius 1 is 1.33 bits per heavy atom. The molecule has 1 aromatic rings. The van der Waals surface area contributed by atoms with Crippen LogP contribution < -0.4 is 4.74 Å². The van der Waals surface area contributed by atoms with E-state index in [9.17, 15) is 5.11 Å². The molecular weight excluding hydrogens is 284 g/mol. The first-order valence-corrected chi connectivity index (χ1v) is 8.33. The van der Waals surface area contributed by atoms with E-state index in [4.69, 9.17) is 16.3 Å². The summed E-state index contributed by atoms with van der Waals surface area (Å²) in [6.07, 6.45) is 4.55. The summed E-state index contributed by atoms with van der Waals surface area (Å²) >= 11 is 6.24. The molecule has 1 aromatic carbocycles. The summed E-state index contributed by atoms with van der Waals surface area (Å²) in [4.78, 5) is 0. The van der Waals surface area contributed by atoms with E-state index in [-0.39, 0.29) is 5.92 Å². The monoisotopic (exact) mass is 308 g/mol. The molecule has 2 nitrogen and oxygen atoms in total. The molecule has 3 heteroatoms. The third kappa shape index (κ3) is 2.93. The molecule has 2 unspecified atom stereocenters. The molecule has 21 heavy (non-hydrogen) atoms. The van der Waals surface area contributed by atoms with Crippen molar-refractivity contribution in [3.05, 3.63) is 28.3 Å². The Labute approximate surface area is 132 Å². The van der Waals surface area contributed by atoms with Crippen molar-refractivity contribution in [3.8, 4) is 5.75 Å². The van der Waals surface area contributed by atoms with Crippen molar-refractivity contribution in [2.45, 2.75) is 58.5 Å². The summed E-state index contributed by atoms with van der Waals surface area (Å²) in [6, 6.07) is 3.96. The van der Waals surface area contributed by atoms with Crippen LogP contribution in [0.1, 0.15) is 51.2 Å². The molecule has 1 saturated carbocycles. The van der Waals surface area contributed by atoms with Crippen LogP contribution in [0.4, 0.5) is 0 Å². The fraction of sp³-hybridized carbons (Fsp3) is 0.667. The van der Waals surface area contributed by atoms with Crippen LogP contribution in [0.25, 0.3) is 0 Å². The zero-order chi connectivity index (χ0) is 15.3. The molecule has 2 aliphatic rings. The first kappa shape index (κ1) is 15.2. The van der Waals surface area contributed by atoms with E-state index in [2.05, 4.69) is 20.8 Å². The average molecular weight is 309 g/mol. The minimum absolute atomic E-state index is 0.289. The minimum atomic E-state index is -0.639. The molecule has 1 aliphatic heterocycles. The van der Waals surface area contributed by atoms with Gasteiger partial charge >= 0.3 is 0 Å². The highest BCUT2D eigenvalue weighted by atomic mass is 35.5. The van der Waals surface area contributed by atoms with Crippen molar-refractivity contribution in [2.24, 2.45) is 11.3 Å². The Hall–Kier alpha value is -0.730. The highest BCUT2D eigenvalue weighted by molar-refractivity contribution is 6.30. The Morgan fingerprint density at radius 3 is 2.81 bits per heavy atom. The fourth-order valence-electron chi connectivity index (χ4n) is 3.99. The van der Waals surface area contributed by atoms with Gasteiger partial charge in [0, 0.05) is 17.9 Å². The largest absolute Gasteiger partial charge is 0.493 e. The Bertz CT molecular complexity index is 552. The SMILES string of the molecule is CC1CC(C)(C)CCC1(O)Cc1cc(Cl)cc2c1OCC2. The van der Waals surface area contributed by atoms with Crippen LogP contribution in [-0.4, -0.2) is 17.3 Å². The molecule has 1 N–H and O–H groups in total. The molecule has 2 atom stereocenters. The first-order chi connectivity index (χ1) is 9.79. The normalized spacial score (nSPS) is 30.8. The number of fused-ring (bicyclic) bond motifs is 1. The van der Waals surface area contributed by atoms with Gasteiger partial charge in [-0.25, -0.2) is 0 Å². The molecule has 0 aromatic heterocycles. The number of ether oxygens (including phenoxy) is 1. The van der Waals surface area contributed by atoms with Crippen LogP contribution in [0, 0.1) is 11.3 Å². The van der Waals surface area contributed by atoms with Crippen LogP contribution >= 0.6 is 11.6 Å². The molecule has 1 heterocycles. The summed E-state index contributed by atoms with van der Waals surface area (Å²) in [5.41, 5.74) is 1.95. The van der Waals surface area contributed by atoms with E-state index in [0.717, 1.165) is 48.6 Å². The molecular formula is C18H25ClO2. The van der Waals surface area contributed by atoms with Gasteiger partial charge in [-0.2, -0.15) is 0 Å². The summed E-state index contributed by atoms with van der Waals surface area (Å²) in [6.45, 7) is 7.49. The van der Waals surface area contributed by atoms with Gasteiger partial charge in [-0.15, -0.1) is 0 Å². The highest BCUT2D eigenvalue weighted by Gasteiger charge is 2.43. The highest BCUT2D eigenvalue weighted by Crippen LogP contribution is 2.46. The van der Waals surface area contributed by atoms with Gasteiger partial charge in [-0.05, 0) is 53.9 Å². The maximum absolute atomic E-state index is 11.1. The van der Waals surface area contributed by atoms with Gasteiger partial charge in [0.15, 0.2) is 0 Å². The van der Waals surface area contributed by atoms with Crippen LogP contribution in [0.5, 0.6) is 5.75 Å². The lowest BCUT2D eigenvalue weighted by atomic mass is 9.64. The number of aliphatic hydroxyl groups is 1. The van der Waals surface area contributed by atoms with E-state index in [1.165, 1.54) is 5.56 Å². The van der Waals surface area contributed by atoms with Crippen molar-refractivity contribution in [2.75, 3.05) is 6.61 Å². The standard InChI is InChI=1S/C18H25ClO2/c1-12-10-17(2,3)5-6-18(12,20)11-14-9-15(19)8-13-4-7-21-16(13)14/h8-9,12,20H,4-7,10-11H2,1-3H3. The van der Waals surface area contributed by atoms with Gasteiger partial charge < -0.3 is 9.84 Å². The zero-order valence-corrected chi connectivity index (χ0v) is 14.0. The number of rotatable bonds is 2. The van der Waals surface area contributed by atoms with Crippen LogP contribution in [0.2, 0.25) is 5.02 Å². The lowest BCUT2D eigenvalue weighted by Gasteiger charge is -2.45. The molecule has 0 amide bonds. The minimum Gasteiger partial charge on any atom is -0.493 e. The van der Waals surface area contributed by atoms with Crippen LogP contribution in [0.3, 0.4) is 0 Å². The van der Waals surface area contributed by atoms with Crippen molar-refractivity contribution in [1.29, 1.82) is 0 Å². The van der Waals surface area contributed by atoms with E-state index in [1.807, 2.05) is 12.1 Å². The van der Waals surface area contributed by atoms with Gasteiger partial charge in [0.05, 0.1) is 12.2 Å². The predicted molar refractivity (Wildman–Crippen MR) is 86.1 cm³/mol. The molecule has 0 radical (unpaired) electrons. The van der Waals surface area contributed by atoms with Crippen molar-refractivity contribution in [1.82, 2.24) is 0 Å². The first-order valence-electron chi connectivity index (χ1n) is 7.96. The molecule has 1 fully saturated rings. The molecule has 0 saturated heterocycles. The maximum Gasteiger partial charge on any atom is 0.126 e. The van der Waals surface area contributed by atoms with Crippen molar-refractivity contribution in [3.63, 3.8) is 0 Å². The van der Waals surface area contributed by atoms with Gasteiger partial charge in [0.1, 0.15) is 5.75 Å². The number of benzene rings is 1. The Kier molecular flexibility index (Phi) is 3.74. The molecule has 3 rings (SSSR count). The second kappa shape index (κ2) is 5.17. The second-order valence-corrected chi connectivity index (χ2v) is 8.14. The third-order valence-corrected chi connectivity index (χ3v) is 5.55. The van der Waals surface area contributed by atoms with Crippen molar-refractivity contribution >= 4 is 11.6 Å². The van der Waals surface area contributed by atoms with E-state index in [0.29, 0.717) is 11.8 Å². The fourth-order valence-corrected chi connectivity index (χ4v) is 4.26. The molecule has 0 spiro atoms. The smallest absolute Gasteiger partial charge is 0.126 e. The zero-order valence-electron chi connectivity index (χ0n) is 13.2. The Morgan fingerprint density at radius 2 is 2.10 bits per heavy atom. The summed E-state index contributed by atoms with van der Waals surface area (Å²) in [7, 11) is 0. The molecule has 116 valence electrons. The summed E-state index contributed by atoms with van der Waals surface area (Å²) in [5, 5.41) is 11.9. The van der Waals surface area contributed by atoms with E-state index in [1.54, 1.807) is 0 Å². The number of hydrogen-bond acceptors (Lipinski definition) is 2. The van der Waals surface area contributed by atoms with Gasteiger partial charge in [0.25, 0.3) is 0 Å². The predicted octanol–water partition coefficient (Wildman–Crippen LogP) is 4.39. The molecule has 1 aliphatic carbocycles. The maximum atomic E-state index is 11.1. The third-order valence-electron chi connectivity index (χ3n) is 5.33. The topological polar surface area (TPSA) is 29.5 Å². The summed E-state index contributed by atoms with van der Waals surface area (Å²) in [5.74, 6) is 1.25. The second-order valence-electron chi connectivity index (χ2n) is 7.70. The quantitative estimate of drug-likeness (QED) is 0.877. The van der Waals surface area contributed by atoms with Gasteiger partial charge in [-0.1, -0.05) is 32.4 Å². The lowest BCUT2D eigenvalue weighted by molar-refractivity contribution is -0.0706.